The molecule has 3 rings (SSSR count). The molecule has 1 aliphatic heterocycles. The van der Waals surface area contributed by atoms with Gasteiger partial charge in [-0.25, -0.2) is 0 Å². The monoisotopic (exact) mass is 317 g/mol. The first-order valence-corrected chi connectivity index (χ1v) is 8.03. The number of alkyl halides is 1. The van der Waals surface area contributed by atoms with E-state index in [0.29, 0.717) is 5.56 Å². The Morgan fingerprint density at radius 1 is 1.05 bits per heavy atom. The summed E-state index contributed by atoms with van der Waals surface area (Å²) < 4.78 is 0. The van der Waals surface area contributed by atoms with Crippen LogP contribution in [0.25, 0.3) is 11.3 Å². The zero-order chi connectivity index (χ0) is 15.5. The van der Waals surface area contributed by atoms with Crippen LogP contribution in [0.4, 0.5) is 5.69 Å². The summed E-state index contributed by atoms with van der Waals surface area (Å²) in [5.41, 5.74) is 3.55. The van der Waals surface area contributed by atoms with Crippen LogP contribution in [0.2, 0.25) is 0 Å². The van der Waals surface area contributed by atoms with Crippen molar-refractivity contribution < 1.29 is 0 Å². The molecule has 5 heteroatoms. The number of hydrogen-bond donors (Lipinski definition) is 1. The number of nitrogens with zero attached hydrogens (tertiary/aromatic N) is 2. The van der Waals surface area contributed by atoms with Crippen LogP contribution in [0.5, 0.6) is 0 Å². The molecular formula is C17H20ClN3O. The van der Waals surface area contributed by atoms with Gasteiger partial charge in [-0.15, -0.1) is 11.6 Å². The molecule has 4 nitrogen and oxygen atoms in total. The lowest BCUT2D eigenvalue weighted by atomic mass is 10.1. The topological polar surface area (TPSA) is 39.3 Å². The molecule has 1 N–H and O–H groups in total. The van der Waals surface area contributed by atoms with Gasteiger partial charge in [-0.2, -0.15) is 0 Å². The first kappa shape index (κ1) is 15.1. The number of likely N-dealkylation sites (N-methyl/N-ethyl adjacent to an activating group) is 1. The van der Waals surface area contributed by atoms with Gasteiger partial charge in [-0.1, -0.05) is 18.2 Å². The highest BCUT2D eigenvalue weighted by molar-refractivity contribution is 6.17. The van der Waals surface area contributed by atoms with Crippen LogP contribution in [0.15, 0.2) is 41.2 Å². The maximum absolute atomic E-state index is 11.8. The predicted molar refractivity (Wildman–Crippen MR) is 91.8 cm³/mol. The molecule has 0 spiro atoms. The van der Waals surface area contributed by atoms with Crippen molar-refractivity contribution in [2.45, 2.75) is 5.88 Å². The second kappa shape index (κ2) is 6.55. The number of hydrogen-bond acceptors (Lipinski definition) is 3. The van der Waals surface area contributed by atoms with Crippen molar-refractivity contribution >= 4 is 17.3 Å². The summed E-state index contributed by atoms with van der Waals surface area (Å²) in [5.74, 6) is 0.234. The second-order valence-electron chi connectivity index (χ2n) is 5.70. The molecule has 0 saturated carbocycles. The Kier molecular flexibility index (Phi) is 4.50. The van der Waals surface area contributed by atoms with Crippen LogP contribution in [-0.4, -0.2) is 43.1 Å². The number of nitrogens with one attached hydrogen (secondary N) is 1. The third-order valence-corrected chi connectivity index (χ3v) is 4.47. The highest BCUT2D eigenvalue weighted by Crippen LogP contribution is 2.22. The number of benzene rings is 1. The van der Waals surface area contributed by atoms with Crippen LogP contribution < -0.4 is 10.5 Å². The van der Waals surface area contributed by atoms with Gasteiger partial charge in [0.05, 0.1) is 5.88 Å². The normalized spacial score (nSPS) is 16.0. The van der Waals surface area contributed by atoms with Crippen LogP contribution in [0.3, 0.4) is 0 Å². The first-order valence-electron chi connectivity index (χ1n) is 7.49. The number of aromatic amines is 1. The van der Waals surface area contributed by atoms with E-state index < -0.39 is 0 Å². The molecule has 0 atom stereocenters. The lowest BCUT2D eigenvalue weighted by molar-refractivity contribution is 0.313. The molecule has 0 bridgehead atoms. The second-order valence-corrected chi connectivity index (χ2v) is 5.96. The van der Waals surface area contributed by atoms with Crippen LogP contribution in [-0.2, 0) is 5.88 Å². The lowest BCUT2D eigenvalue weighted by Gasteiger charge is -2.34. The largest absolute Gasteiger partial charge is 0.369 e. The Balaban J connectivity index is 1.79. The molecule has 2 heterocycles. The summed E-state index contributed by atoms with van der Waals surface area (Å²) in [5, 5.41) is 0. The van der Waals surface area contributed by atoms with Gasteiger partial charge in [0.2, 0.25) is 0 Å². The van der Waals surface area contributed by atoms with Gasteiger partial charge in [0, 0.05) is 43.1 Å². The Morgan fingerprint density at radius 2 is 1.73 bits per heavy atom. The van der Waals surface area contributed by atoms with Crippen molar-refractivity contribution in [2.75, 3.05) is 38.1 Å². The van der Waals surface area contributed by atoms with E-state index in [9.17, 15) is 4.79 Å². The minimum Gasteiger partial charge on any atom is -0.369 e. The van der Waals surface area contributed by atoms with E-state index in [1.54, 1.807) is 6.07 Å². The van der Waals surface area contributed by atoms with Gasteiger partial charge in [0.25, 0.3) is 5.56 Å². The number of aromatic nitrogens is 1. The van der Waals surface area contributed by atoms with Gasteiger partial charge in [-0.05, 0) is 30.8 Å². The minimum atomic E-state index is -0.115. The summed E-state index contributed by atoms with van der Waals surface area (Å²) in [6.45, 7) is 4.29. The van der Waals surface area contributed by atoms with E-state index >= 15 is 0 Å². The summed E-state index contributed by atoms with van der Waals surface area (Å²) in [6.07, 6.45) is 0. The van der Waals surface area contributed by atoms with Gasteiger partial charge in [0.1, 0.15) is 0 Å². The standard InChI is InChI=1S/C17H20ClN3O/c1-20-8-10-21(11-9-20)15-5-2-13(3-6-15)16-7-4-14(12-18)17(22)19-16/h2-7H,8-12H2,1H3,(H,19,22). The quantitative estimate of drug-likeness (QED) is 0.884. The fourth-order valence-corrected chi connectivity index (χ4v) is 2.90. The van der Waals surface area contributed by atoms with Crippen LogP contribution in [0, 0.1) is 0 Å². The molecule has 0 aliphatic carbocycles. The molecule has 0 unspecified atom stereocenters. The zero-order valence-electron chi connectivity index (χ0n) is 12.7. The predicted octanol–water partition coefficient (Wildman–Crippen LogP) is 2.53. The van der Waals surface area contributed by atoms with Crippen LogP contribution >= 0.6 is 11.6 Å². The number of H-pyrrole nitrogens is 1. The first-order chi connectivity index (χ1) is 10.7. The van der Waals surface area contributed by atoms with E-state index in [0.717, 1.165) is 37.4 Å². The smallest absolute Gasteiger partial charge is 0.252 e. The summed E-state index contributed by atoms with van der Waals surface area (Å²) in [4.78, 5) is 19.5. The van der Waals surface area contributed by atoms with Gasteiger partial charge < -0.3 is 14.8 Å². The highest BCUT2D eigenvalue weighted by Gasteiger charge is 2.14. The molecule has 116 valence electrons. The van der Waals surface area contributed by atoms with E-state index in [-0.39, 0.29) is 11.4 Å². The summed E-state index contributed by atoms with van der Waals surface area (Å²) in [7, 11) is 2.15. The number of anilines is 1. The molecule has 1 fully saturated rings. The maximum Gasteiger partial charge on any atom is 0.252 e. The molecule has 1 aliphatic rings. The van der Waals surface area contributed by atoms with Gasteiger partial charge in [0.15, 0.2) is 0 Å². The lowest BCUT2D eigenvalue weighted by Crippen LogP contribution is -2.44. The third-order valence-electron chi connectivity index (χ3n) is 4.18. The SMILES string of the molecule is CN1CCN(c2ccc(-c3ccc(CCl)c(=O)[nH]3)cc2)CC1. The fourth-order valence-electron chi connectivity index (χ4n) is 2.69. The number of piperazine rings is 1. The van der Waals surface area contributed by atoms with Crippen LogP contribution in [0.1, 0.15) is 5.56 Å². The van der Waals surface area contributed by atoms with Crippen molar-refractivity contribution in [3.05, 3.63) is 52.3 Å². The molecule has 1 aromatic heterocycles. The zero-order valence-corrected chi connectivity index (χ0v) is 13.4. The molecule has 2 aromatic rings. The van der Waals surface area contributed by atoms with Gasteiger partial charge in [-0.3, -0.25) is 4.79 Å². The van der Waals surface area contributed by atoms with E-state index in [2.05, 4.69) is 46.1 Å². The summed E-state index contributed by atoms with van der Waals surface area (Å²) >= 11 is 5.72. The fraction of sp³-hybridized carbons (Fsp3) is 0.353. The average Bonchev–Trinajstić information content (AvgIpc) is 2.56. The van der Waals surface area contributed by atoms with Crippen molar-refractivity contribution in [1.82, 2.24) is 9.88 Å². The molecule has 1 aromatic carbocycles. The maximum atomic E-state index is 11.8. The Labute approximate surface area is 135 Å². The van der Waals surface area contributed by atoms with E-state index in [4.69, 9.17) is 11.6 Å². The minimum absolute atomic E-state index is 0.115. The molecule has 22 heavy (non-hydrogen) atoms. The Hall–Kier alpha value is -1.78. The Morgan fingerprint density at radius 3 is 2.32 bits per heavy atom. The van der Waals surface area contributed by atoms with Crippen molar-refractivity contribution in [3.8, 4) is 11.3 Å². The van der Waals surface area contributed by atoms with Crippen molar-refractivity contribution in [2.24, 2.45) is 0 Å². The molecular weight excluding hydrogens is 298 g/mol. The molecule has 0 radical (unpaired) electrons. The number of rotatable bonds is 3. The molecule has 0 amide bonds. The van der Waals surface area contributed by atoms with E-state index in [1.807, 2.05) is 6.07 Å². The third kappa shape index (κ3) is 3.18. The molecule has 1 saturated heterocycles. The number of pyridine rings is 1. The van der Waals surface area contributed by atoms with E-state index in [1.165, 1.54) is 5.69 Å². The Bertz CT molecular complexity index is 688. The average molecular weight is 318 g/mol. The van der Waals surface area contributed by atoms with Gasteiger partial charge >= 0.3 is 0 Å². The van der Waals surface area contributed by atoms with Crippen molar-refractivity contribution in [1.29, 1.82) is 0 Å². The summed E-state index contributed by atoms with van der Waals surface area (Å²) in [6, 6.07) is 12.0. The van der Waals surface area contributed by atoms with Crippen molar-refractivity contribution in [3.63, 3.8) is 0 Å². The highest BCUT2D eigenvalue weighted by atomic mass is 35.5. The number of halogens is 1.